The van der Waals surface area contributed by atoms with Crippen LogP contribution in [-0.2, 0) is 19.2 Å². The highest BCUT2D eigenvalue weighted by atomic mass is 19.1. The van der Waals surface area contributed by atoms with Crippen LogP contribution in [0, 0.1) is 23.6 Å². The van der Waals surface area contributed by atoms with Crippen molar-refractivity contribution in [3.63, 3.8) is 0 Å². The summed E-state index contributed by atoms with van der Waals surface area (Å²) in [6.07, 6.45) is 3.18. The Bertz CT molecular complexity index is 1630. The fourth-order valence-electron chi connectivity index (χ4n) is 6.53. The second kappa shape index (κ2) is 8.69. The van der Waals surface area contributed by atoms with Gasteiger partial charge in [0.05, 0.1) is 23.1 Å². The number of aromatic hydroxyl groups is 1. The number of benzene rings is 2. The summed E-state index contributed by atoms with van der Waals surface area (Å²) < 4.78 is 14.5. The summed E-state index contributed by atoms with van der Waals surface area (Å²) >= 11 is 0. The predicted octanol–water partition coefficient (Wildman–Crippen LogP) is 3.86. The van der Waals surface area contributed by atoms with Gasteiger partial charge in [-0.25, -0.2) is 9.18 Å². The van der Waals surface area contributed by atoms with E-state index in [1.165, 1.54) is 49.4 Å². The molecule has 0 saturated carbocycles. The van der Waals surface area contributed by atoms with Crippen molar-refractivity contribution in [2.24, 2.45) is 17.8 Å². The summed E-state index contributed by atoms with van der Waals surface area (Å²) in [6, 6.07) is 9.52. The summed E-state index contributed by atoms with van der Waals surface area (Å²) in [6.45, 7) is 1.52. The Balaban J connectivity index is 1.49. The van der Waals surface area contributed by atoms with E-state index in [0.717, 1.165) is 11.0 Å². The molecule has 0 aromatic heterocycles. The maximum atomic E-state index is 14.5. The van der Waals surface area contributed by atoms with Gasteiger partial charge in [0.2, 0.25) is 11.8 Å². The number of aromatic carboxylic acids is 1. The number of hydrogen-bond acceptors (Lipinski definition) is 6. The first-order valence-electron chi connectivity index (χ1n) is 12.5. The van der Waals surface area contributed by atoms with E-state index in [4.69, 9.17) is 0 Å². The quantitative estimate of drug-likeness (QED) is 0.352. The number of rotatable bonds is 3. The van der Waals surface area contributed by atoms with Crippen LogP contribution in [0.3, 0.4) is 0 Å². The molecule has 0 radical (unpaired) electrons. The predicted molar refractivity (Wildman–Crippen MR) is 135 cm³/mol. The van der Waals surface area contributed by atoms with Crippen molar-refractivity contribution in [2.75, 3.05) is 4.90 Å². The average Bonchev–Trinajstić information content (AvgIpc) is 3.17. The molecule has 1 saturated heterocycles. The van der Waals surface area contributed by atoms with Crippen molar-refractivity contribution in [3.8, 4) is 5.75 Å². The number of carbonyl (C=O) groups is 5. The Kier molecular flexibility index (Phi) is 5.50. The van der Waals surface area contributed by atoms with Gasteiger partial charge in [-0.15, -0.1) is 0 Å². The number of para-hydroxylation sites is 1. The molecule has 9 heteroatoms. The van der Waals surface area contributed by atoms with Crippen LogP contribution < -0.4 is 4.90 Å². The van der Waals surface area contributed by atoms with Crippen molar-refractivity contribution in [3.05, 3.63) is 93.9 Å². The molecule has 1 aliphatic heterocycles. The molecule has 0 bridgehead atoms. The molecule has 0 unspecified atom stereocenters. The van der Waals surface area contributed by atoms with Crippen molar-refractivity contribution in [2.45, 2.75) is 25.7 Å². The largest absolute Gasteiger partial charge is 0.505 e. The number of imide groups is 1. The number of nitrogens with zero attached hydrogens (tertiary/aromatic N) is 1. The molecule has 1 fully saturated rings. The van der Waals surface area contributed by atoms with Crippen LogP contribution in [0.15, 0.2) is 76.9 Å². The van der Waals surface area contributed by atoms with Gasteiger partial charge in [0.25, 0.3) is 0 Å². The number of allylic oxidation sites excluding steroid dienone is 6. The van der Waals surface area contributed by atoms with Gasteiger partial charge in [-0.2, -0.15) is 0 Å². The highest BCUT2D eigenvalue weighted by Crippen LogP contribution is 2.56. The van der Waals surface area contributed by atoms with Crippen LogP contribution in [0.5, 0.6) is 5.75 Å². The van der Waals surface area contributed by atoms with E-state index in [1.807, 2.05) is 0 Å². The first-order chi connectivity index (χ1) is 18.6. The lowest BCUT2D eigenvalue weighted by atomic mass is 9.59. The van der Waals surface area contributed by atoms with Crippen molar-refractivity contribution >= 4 is 35.0 Å². The normalized spacial score (nSPS) is 26.2. The van der Waals surface area contributed by atoms with E-state index in [1.54, 1.807) is 6.08 Å². The molecule has 0 spiro atoms. The fraction of sp³-hybridized carbons (Fsp3) is 0.233. The average molecular weight is 528 g/mol. The van der Waals surface area contributed by atoms with Crippen LogP contribution in [0.2, 0.25) is 0 Å². The Hall–Kier alpha value is -4.66. The standard InChI is InChI=1S/C30H22FNO7/c1-13-10-22(33)25-20(26(13)34)12-19-16(23(25)17-6-3-7-21(31)27(17)35)8-9-18-24(19)29(37)32(28(18)36)15-5-2-4-14(11-15)30(38)39/h2-8,10-11,18-19,23-24,35H,9,12H2,1H3,(H,38,39)/t18-,19+,23+,24-/m0/s1. The number of carboxylic acids is 1. The van der Waals surface area contributed by atoms with Gasteiger partial charge in [0, 0.05) is 28.2 Å². The van der Waals surface area contributed by atoms with Gasteiger partial charge in [0.15, 0.2) is 23.1 Å². The van der Waals surface area contributed by atoms with Crippen LogP contribution in [0.1, 0.15) is 41.6 Å². The number of Topliss-reactive ketones (excluding diaryl/α,β-unsaturated/α-hetero) is 1. The second-order valence-corrected chi connectivity index (χ2v) is 10.3. The number of carboxylic acid groups (broad SMARTS) is 1. The molecular formula is C30H22FNO7. The molecule has 1 heterocycles. The van der Waals surface area contributed by atoms with Gasteiger partial charge in [-0.1, -0.05) is 29.8 Å². The molecule has 2 N–H and O–H groups in total. The second-order valence-electron chi connectivity index (χ2n) is 10.3. The number of phenols is 1. The maximum absolute atomic E-state index is 14.5. The van der Waals surface area contributed by atoms with E-state index < -0.39 is 58.8 Å². The topological polar surface area (TPSA) is 129 Å². The van der Waals surface area contributed by atoms with Gasteiger partial charge >= 0.3 is 5.97 Å². The molecule has 2 aromatic rings. The Morgan fingerprint density at radius 3 is 2.51 bits per heavy atom. The minimum absolute atomic E-state index is 0.0344. The number of fused-ring (bicyclic) bond motifs is 3. The van der Waals surface area contributed by atoms with Crippen molar-refractivity contribution in [1.82, 2.24) is 0 Å². The zero-order valence-electron chi connectivity index (χ0n) is 20.7. The maximum Gasteiger partial charge on any atom is 0.335 e. The monoisotopic (exact) mass is 527 g/mol. The number of anilines is 1. The number of amides is 2. The summed E-state index contributed by atoms with van der Waals surface area (Å²) in [4.78, 5) is 66.4. The Morgan fingerprint density at radius 2 is 1.77 bits per heavy atom. The first kappa shape index (κ1) is 24.7. The minimum Gasteiger partial charge on any atom is -0.505 e. The van der Waals surface area contributed by atoms with Gasteiger partial charge < -0.3 is 10.2 Å². The molecule has 2 amide bonds. The third-order valence-corrected chi connectivity index (χ3v) is 8.24. The van der Waals surface area contributed by atoms with E-state index in [-0.39, 0.29) is 52.2 Å². The molecule has 8 nitrogen and oxygen atoms in total. The summed E-state index contributed by atoms with van der Waals surface area (Å²) in [7, 11) is 0. The highest BCUT2D eigenvalue weighted by Gasteiger charge is 2.56. The number of phenolic OH excluding ortho intramolecular Hbond substituents is 1. The summed E-state index contributed by atoms with van der Waals surface area (Å²) in [5, 5.41) is 20.1. The third-order valence-electron chi connectivity index (χ3n) is 8.24. The summed E-state index contributed by atoms with van der Waals surface area (Å²) in [5.41, 5.74) is 1.32. The molecule has 6 rings (SSSR count). The zero-order chi connectivity index (χ0) is 27.7. The number of hydrogen-bond donors (Lipinski definition) is 2. The molecule has 39 heavy (non-hydrogen) atoms. The molecule has 196 valence electrons. The number of carbonyl (C=O) groups excluding carboxylic acids is 4. The van der Waals surface area contributed by atoms with Crippen LogP contribution in [0.25, 0.3) is 0 Å². The Labute approximate surface area is 221 Å². The van der Waals surface area contributed by atoms with E-state index >= 15 is 0 Å². The van der Waals surface area contributed by atoms with E-state index in [2.05, 4.69) is 0 Å². The minimum atomic E-state index is -1.20. The van der Waals surface area contributed by atoms with E-state index in [0.29, 0.717) is 5.57 Å². The molecule has 4 atom stereocenters. The number of halogens is 1. The molecular weight excluding hydrogens is 505 g/mol. The lowest BCUT2D eigenvalue weighted by Crippen LogP contribution is -2.39. The Morgan fingerprint density at radius 1 is 1.03 bits per heavy atom. The fourth-order valence-corrected chi connectivity index (χ4v) is 6.53. The first-order valence-corrected chi connectivity index (χ1v) is 12.5. The lowest BCUT2D eigenvalue weighted by Gasteiger charge is -2.42. The molecule has 4 aliphatic rings. The van der Waals surface area contributed by atoms with Crippen LogP contribution in [-0.4, -0.2) is 39.6 Å². The van der Waals surface area contributed by atoms with Gasteiger partial charge in [-0.3, -0.25) is 24.1 Å². The van der Waals surface area contributed by atoms with Crippen molar-refractivity contribution in [1.29, 1.82) is 0 Å². The van der Waals surface area contributed by atoms with Gasteiger partial charge in [-0.05, 0) is 56.0 Å². The van der Waals surface area contributed by atoms with Crippen LogP contribution in [0.4, 0.5) is 10.1 Å². The highest BCUT2D eigenvalue weighted by molar-refractivity contribution is 6.25. The zero-order valence-corrected chi connectivity index (χ0v) is 20.7. The van der Waals surface area contributed by atoms with Crippen LogP contribution >= 0.6 is 0 Å². The smallest absolute Gasteiger partial charge is 0.335 e. The van der Waals surface area contributed by atoms with E-state index in [9.17, 15) is 38.6 Å². The van der Waals surface area contributed by atoms with Crippen molar-refractivity contribution < 1.29 is 38.6 Å². The molecule has 2 aromatic carbocycles. The SMILES string of the molecule is CC1=CC(=O)C2=C(C[C@@H]3C(=CC[C@@H]4C(=O)N(c5cccc(C(=O)O)c5)C(=O)[C@@H]43)[C@@H]2c2cccc(F)c2O)C1=O. The molecule has 3 aliphatic carbocycles. The third kappa shape index (κ3) is 3.53. The lowest BCUT2D eigenvalue weighted by molar-refractivity contribution is -0.123. The summed E-state index contributed by atoms with van der Waals surface area (Å²) in [5.74, 6) is -7.80. The van der Waals surface area contributed by atoms with Gasteiger partial charge in [0.1, 0.15) is 0 Å². The number of ketones is 2.